The molecule has 2 heterocycles. The maximum Gasteiger partial charge on any atom is 0.143 e. The molecule has 0 aliphatic heterocycles. The summed E-state index contributed by atoms with van der Waals surface area (Å²) in [6, 6.07) is 22.8. The predicted octanol–water partition coefficient (Wildman–Crippen LogP) is 5.27. The van der Waals surface area contributed by atoms with Crippen molar-refractivity contribution in [2.75, 3.05) is 5.32 Å². The summed E-state index contributed by atoms with van der Waals surface area (Å²) in [5, 5.41) is 13.8. The molecule has 0 amide bonds. The lowest BCUT2D eigenvalue weighted by atomic mass is 10.0. The number of benzene rings is 2. The minimum Gasteiger partial charge on any atom is -0.361 e. The Bertz CT molecular complexity index is 1130. The van der Waals surface area contributed by atoms with E-state index in [9.17, 15) is 5.26 Å². The molecule has 0 aliphatic rings. The third-order valence-corrected chi connectivity index (χ3v) is 4.61. The Morgan fingerprint density at radius 2 is 1.89 bits per heavy atom. The molecule has 0 atom stereocenters. The SMILES string of the molecule is Cc1cccc(CCc2cc(C#N)nc(Nc3ccc4cc[nH]c4c3)c2)c1. The van der Waals surface area contributed by atoms with Gasteiger partial charge in [0.2, 0.25) is 0 Å². The first-order valence-electron chi connectivity index (χ1n) is 9.00. The van der Waals surface area contributed by atoms with Crippen molar-refractivity contribution in [1.82, 2.24) is 9.97 Å². The lowest BCUT2D eigenvalue weighted by Gasteiger charge is -2.09. The molecule has 0 radical (unpaired) electrons. The van der Waals surface area contributed by atoms with Crippen LogP contribution in [0.1, 0.15) is 22.4 Å². The summed E-state index contributed by atoms with van der Waals surface area (Å²) in [6.45, 7) is 2.10. The molecule has 2 N–H and O–H groups in total. The number of rotatable bonds is 5. The highest BCUT2D eigenvalue weighted by molar-refractivity contribution is 5.83. The van der Waals surface area contributed by atoms with Crippen LogP contribution in [-0.2, 0) is 12.8 Å². The van der Waals surface area contributed by atoms with Gasteiger partial charge in [0.1, 0.15) is 17.6 Å². The standard InChI is InChI=1S/C23H20N4/c1-16-3-2-4-17(11-16)5-6-18-12-21(15-24)27-23(13-18)26-20-8-7-19-9-10-25-22(19)14-20/h2-4,7-14,25H,5-6H2,1H3,(H,26,27). The summed E-state index contributed by atoms with van der Waals surface area (Å²) in [4.78, 5) is 7.61. The monoisotopic (exact) mass is 352 g/mol. The molecule has 0 aliphatic carbocycles. The average molecular weight is 352 g/mol. The van der Waals surface area contributed by atoms with Gasteiger partial charge in [-0.15, -0.1) is 0 Å². The minimum atomic E-state index is 0.431. The second-order valence-corrected chi connectivity index (χ2v) is 6.75. The molecule has 4 nitrogen and oxygen atoms in total. The summed E-state index contributed by atoms with van der Waals surface area (Å²) in [7, 11) is 0. The fraction of sp³-hybridized carbons (Fsp3) is 0.130. The van der Waals surface area contributed by atoms with Crippen LogP contribution >= 0.6 is 0 Å². The first-order chi connectivity index (χ1) is 13.2. The first kappa shape index (κ1) is 16.9. The third-order valence-electron chi connectivity index (χ3n) is 4.61. The number of pyridine rings is 1. The van der Waals surface area contributed by atoms with Gasteiger partial charge >= 0.3 is 0 Å². The van der Waals surface area contributed by atoms with Crippen LogP contribution in [0.15, 0.2) is 66.9 Å². The van der Waals surface area contributed by atoms with Gasteiger partial charge in [0.05, 0.1) is 0 Å². The number of fused-ring (bicyclic) bond motifs is 1. The van der Waals surface area contributed by atoms with Crippen LogP contribution in [0.5, 0.6) is 0 Å². The van der Waals surface area contributed by atoms with Gasteiger partial charge in [-0.2, -0.15) is 5.26 Å². The average Bonchev–Trinajstić information content (AvgIpc) is 3.14. The van der Waals surface area contributed by atoms with Crippen molar-refractivity contribution in [2.24, 2.45) is 0 Å². The van der Waals surface area contributed by atoms with Crippen LogP contribution in [0.4, 0.5) is 11.5 Å². The largest absolute Gasteiger partial charge is 0.361 e. The maximum atomic E-state index is 9.34. The van der Waals surface area contributed by atoms with Crippen molar-refractivity contribution in [3.8, 4) is 6.07 Å². The maximum absolute atomic E-state index is 9.34. The molecule has 27 heavy (non-hydrogen) atoms. The predicted molar refractivity (Wildman–Crippen MR) is 109 cm³/mol. The van der Waals surface area contributed by atoms with Gasteiger partial charge in [-0.05, 0) is 66.6 Å². The molecule has 4 rings (SSSR count). The van der Waals surface area contributed by atoms with Gasteiger partial charge < -0.3 is 10.3 Å². The van der Waals surface area contributed by atoms with E-state index in [-0.39, 0.29) is 0 Å². The number of nitrogens with zero attached hydrogens (tertiary/aromatic N) is 2. The number of aryl methyl sites for hydroxylation is 3. The van der Waals surface area contributed by atoms with E-state index in [1.807, 2.05) is 36.5 Å². The Balaban J connectivity index is 1.55. The fourth-order valence-electron chi connectivity index (χ4n) is 3.28. The Morgan fingerprint density at radius 1 is 1.00 bits per heavy atom. The van der Waals surface area contributed by atoms with E-state index in [0.29, 0.717) is 11.5 Å². The van der Waals surface area contributed by atoms with Gasteiger partial charge in [-0.3, -0.25) is 0 Å². The van der Waals surface area contributed by atoms with Crippen molar-refractivity contribution < 1.29 is 0 Å². The van der Waals surface area contributed by atoms with Gasteiger partial charge in [0.25, 0.3) is 0 Å². The molecule has 0 spiro atoms. The molecule has 132 valence electrons. The Hall–Kier alpha value is -3.58. The van der Waals surface area contributed by atoms with Crippen LogP contribution in [-0.4, -0.2) is 9.97 Å². The molecule has 4 aromatic rings. The van der Waals surface area contributed by atoms with Crippen LogP contribution in [0.2, 0.25) is 0 Å². The van der Waals surface area contributed by atoms with Gasteiger partial charge in [-0.25, -0.2) is 4.98 Å². The summed E-state index contributed by atoms with van der Waals surface area (Å²) >= 11 is 0. The molecule has 0 unspecified atom stereocenters. The normalized spacial score (nSPS) is 10.7. The number of nitrogens with one attached hydrogen (secondary N) is 2. The van der Waals surface area contributed by atoms with Crippen molar-refractivity contribution in [3.05, 3.63) is 89.2 Å². The molecule has 0 saturated carbocycles. The lowest BCUT2D eigenvalue weighted by Crippen LogP contribution is -1.99. The van der Waals surface area contributed by atoms with E-state index >= 15 is 0 Å². The lowest BCUT2D eigenvalue weighted by molar-refractivity contribution is 0.952. The van der Waals surface area contributed by atoms with Crippen molar-refractivity contribution in [3.63, 3.8) is 0 Å². The van der Waals surface area contributed by atoms with Gasteiger partial charge in [-0.1, -0.05) is 35.9 Å². The summed E-state index contributed by atoms with van der Waals surface area (Å²) in [5.74, 6) is 0.694. The molecule has 2 aromatic heterocycles. The van der Waals surface area contributed by atoms with E-state index < -0.39 is 0 Å². The molecule has 0 saturated heterocycles. The zero-order chi connectivity index (χ0) is 18.6. The molecule has 0 fully saturated rings. The zero-order valence-corrected chi connectivity index (χ0v) is 15.2. The first-order valence-corrected chi connectivity index (χ1v) is 9.00. The topological polar surface area (TPSA) is 64.5 Å². The van der Waals surface area contributed by atoms with Crippen LogP contribution < -0.4 is 5.32 Å². The van der Waals surface area contributed by atoms with Gasteiger partial charge in [0, 0.05) is 17.4 Å². The van der Waals surface area contributed by atoms with Crippen molar-refractivity contribution in [1.29, 1.82) is 5.26 Å². The van der Waals surface area contributed by atoms with E-state index in [2.05, 4.69) is 58.6 Å². The number of anilines is 2. The molecule has 4 heteroatoms. The number of aromatic nitrogens is 2. The third kappa shape index (κ3) is 3.99. The van der Waals surface area contributed by atoms with E-state index in [1.54, 1.807) is 0 Å². The highest BCUT2D eigenvalue weighted by Gasteiger charge is 2.05. The van der Waals surface area contributed by atoms with Crippen molar-refractivity contribution >= 4 is 22.4 Å². The second kappa shape index (κ2) is 7.35. The summed E-state index contributed by atoms with van der Waals surface area (Å²) in [6.07, 6.45) is 3.72. The number of nitriles is 1. The Morgan fingerprint density at radius 3 is 2.74 bits per heavy atom. The van der Waals surface area contributed by atoms with Crippen LogP contribution in [0, 0.1) is 18.3 Å². The molecule has 2 aromatic carbocycles. The smallest absolute Gasteiger partial charge is 0.143 e. The summed E-state index contributed by atoms with van der Waals surface area (Å²) in [5.41, 5.74) is 6.11. The number of hydrogen-bond donors (Lipinski definition) is 2. The van der Waals surface area contributed by atoms with E-state index in [1.165, 1.54) is 11.1 Å². The summed E-state index contributed by atoms with van der Waals surface area (Å²) < 4.78 is 0. The van der Waals surface area contributed by atoms with Crippen molar-refractivity contribution in [2.45, 2.75) is 19.8 Å². The molecular weight excluding hydrogens is 332 g/mol. The van der Waals surface area contributed by atoms with E-state index in [0.717, 1.165) is 35.0 Å². The van der Waals surface area contributed by atoms with Crippen LogP contribution in [0.3, 0.4) is 0 Å². The van der Waals surface area contributed by atoms with Crippen LogP contribution in [0.25, 0.3) is 10.9 Å². The Kier molecular flexibility index (Phi) is 4.59. The number of H-pyrrole nitrogens is 1. The van der Waals surface area contributed by atoms with E-state index in [4.69, 9.17) is 0 Å². The van der Waals surface area contributed by atoms with Gasteiger partial charge in [0.15, 0.2) is 0 Å². The fourth-order valence-corrected chi connectivity index (χ4v) is 3.28. The number of aromatic amines is 1. The number of hydrogen-bond acceptors (Lipinski definition) is 3. The highest BCUT2D eigenvalue weighted by atomic mass is 15.0. The highest BCUT2D eigenvalue weighted by Crippen LogP contribution is 2.22. The quantitative estimate of drug-likeness (QED) is 0.514. The Labute approximate surface area is 158 Å². The zero-order valence-electron chi connectivity index (χ0n) is 15.2. The molecule has 0 bridgehead atoms. The second-order valence-electron chi connectivity index (χ2n) is 6.75. The minimum absolute atomic E-state index is 0.431. The molecular formula is C23H20N4.